The third-order valence-electron chi connectivity index (χ3n) is 1.05. The minimum Gasteiger partial charge on any atom is -0.365 e. The molecule has 0 atom stereocenters. The van der Waals surface area contributed by atoms with Crippen LogP contribution in [-0.4, -0.2) is 27.3 Å². The smallest absolute Gasteiger partial charge is 0.248 e. The van der Waals surface area contributed by atoms with Crippen molar-refractivity contribution in [1.29, 1.82) is 0 Å². The summed E-state index contributed by atoms with van der Waals surface area (Å²) in [6, 6.07) is 0. The van der Waals surface area contributed by atoms with Crippen LogP contribution in [0, 0.1) is 6.92 Å². The van der Waals surface area contributed by atoms with Crippen LogP contribution in [0.1, 0.15) is 5.82 Å². The molecule has 0 saturated carbocycles. The van der Waals surface area contributed by atoms with Gasteiger partial charge >= 0.3 is 0 Å². The molecule has 11 heavy (non-hydrogen) atoms. The Morgan fingerprint density at radius 2 is 2.36 bits per heavy atom. The molecule has 0 radical (unpaired) electrons. The van der Waals surface area contributed by atoms with Gasteiger partial charge in [0.25, 0.3) is 0 Å². The molecule has 0 fully saturated rings. The van der Waals surface area contributed by atoms with Crippen molar-refractivity contribution in [2.24, 2.45) is 0 Å². The first-order valence-electron chi connectivity index (χ1n) is 3.10. The third kappa shape index (κ3) is 2.15. The summed E-state index contributed by atoms with van der Waals surface area (Å²) < 4.78 is 0. The van der Waals surface area contributed by atoms with E-state index < -0.39 is 0 Å². The largest absolute Gasteiger partial charge is 0.365 e. The quantitative estimate of drug-likeness (QED) is 0.520. The van der Waals surface area contributed by atoms with E-state index in [1.165, 1.54) is 0 Å². The Morgan fingerprint density at radius 1 is 1.64 bits per heavy atom. The molecule has 60 valence electrons. The highest BCUT2D eigenvalue weighted by Crippen LogP contribution is 1.95. The number of aryl methyl sites for hydroxylation is 1. The molecule has 3 N–H and O–H groups in total. The molecule has 1 rings (SSSR count). The van der Waals surface area contributed by atoms with Gasteiger partial charge in [-0.05, 0) is 19.1 Å². The van der Waals surface area contributed by atoms with E-state index in [2.05, 4.69) is 25.8 Å². The fourth-order valence-corrected chi connectivity index (χ4v) is 0.654. The van der Waals surface area contributed by atoms with E-state index in [9.17, 15) is 0 Å². The second-order valence-corrected chi connectivity index (χ2v) is 2.36. The second-order valence-electron chi connectivity index (χ2n) is 1.95. The Morgan fingerprint density at radius 3 is 2.82 bits per heavy atom. The van der Waals surface area contributed by atoms with Crippen molar-refractivity contribution in [1.82, 2.24) is 20.5 Å². The van der Waals surface area contributed by atoms with Crippen LogP contribution in [0.25, 0.3) is 0 Å². The van der Waals surface area contributed by atoms with E-state index in [0.717, 1.165) is 5.82 Å². The van der Waals surface area contributed by atoms with Gasteiger partial charge in [0, 0.05) is 7.05 Å². The molecule has 6 heteroatoms. The number of anilines is 1. The standard InChI is InChI=1S/C5H9N5S/c1-3-7-4(10-9-3)8-5(11)6-2/h1-2H3,(H3,6,7,8,9,10,11). The summed E-state index contributed by atoms with van der Waals surface area (Å²) in [5, 5.41) is 12.5. The van der Waals surface area contributed by atoms with Crippen LogP contribution in [0.5, 0.6) is 0 Å². The SMILES string of the molecule is CNC(=S)Nc1n[nH]c(C)n1. The maximum atomic E-state index is 4.83. The summed E-state index contributed by atoms with van der Waals surface area (Å²) in [5.41, 5.74) is 0. The van der Waals surface area contributed by atoms with Gasteiger partial charge in [0.2, 0.25) is 5.95 Å². The van der Waals surface area contributed by atoms with E-state index in [1.54, 1.807) is 7.05 Å². The summed E-state index contributed by atoms with van der Waals surface area (Å²) in [4.78, 5) is 3.99. The van der Waals surface area contributed by atoms with E-state index in [0.29, 0.717) is 11.1 Å². The normalized spacial score (nSPS) is 9.27. The van der Waals surface area contributed by atoms with Crippen LogP contribution in [0.15, 0.2) is 0 Å². The Bertz CT molecular complexity index is 255. The fourth-order valence-electron chi connectivity index (χ4n) is 0.563. The lowest BCUT2D eigenvalue weighted by atomic mass is 10.7. The van der Waals surface area contributed by atoms with Gasteiger partial charge in [-0.15, -0.1) is 5.10 Å². The third-order valence-corrected chi connectivity index (χ3v) is 1.36. The van der Waals surface area contributed by atoms with Crippen molar-refractivity contribution < 1.29 is 0 Å². The molecule has 1 aromatic rings. The molecule has 1 heterocycles. The Labute approximate surface area is 69.6 Å². The van der Waals surface area contributed by atoms with Crippen LogP contribution < -0.4 is 10.6 Å². The van der Waals surface area contributed by atoms with Crippen molar-refractivity contribution in [3.63, 3.8) is 0 Å². The van der Waals surface area contributed by atoms with Crippen molar-refractivity contribution in [2.45, 2.75) is 6.92 Å². The number of nitrogens with one attached hydrogen (secondary N) is 3. The van der Waals surface area contributed by atoms with Crippen LogP contribution in [0.2, 0.25) is 0 Å². The predicted molar refractivity (Wildman–Crippen MR) is 46.4 cm³/mol. The minimum atomic E-state index is 0.488. The molecule has 1 aromatic heterocycles. The first kappa shape index (κ1) is 7.93. The van der Waals surface area contributed by atoms with Gasteiger partial charge < -0.3 is 5.32 Å². The maximum absolute atomic E-state index is 4.83. The number of aromatic nitrogens is 3. The summed E-state index contributed by atoms with van der Waals surface area (Å²) in [5.74, 6) is 1.24. The molecule has 0 unspecified atom stereocenters. The number of hydrogen-bond donors (Lipinski definition) is 3. The van der Waals surface area contributed by atoms with Gasteiger partial charge in [-0.2, -0.15) is 4.98 Å². The zero-order chi connectivity index (χ0) is 8.27. The summed E-state index contributed by atoms with van der Waals surface area (Å²) in [6.07, 6.45) is 0. The Kier molecular flexibility index (Phi) is 2.37. The molecule has 0 aliphatic heterocycles. The van der Waals surface area contributed by atoms with E-state index >= 15 is 0 Å². The molecule has 0 aliphatic rings. The van der Waals surface area contributed by atoms with Crippen LogP contribution in [0.4, 0.5) is 5.95 Å². The lowest BCUT2D eigenvalue weighted by Gasteiger charge is -1.99. The van der Waals surface area contributed by atoms with E-state index in [4.69, 9.17) is 12.2 Å². The first-order chi connectivity index (χ1) is 5.22. The number of aromatic amines is 1. The van der Waals surface area contributed by atoms with Crippen molar-refractivity contribution in [3.8, 4) is 0 Å². The van der Waals surface area contributed by atoms with Crippen LogP contribution >= 0.6 is 12.2 Å². The molecule has 0 saturated heterocycles. The van der Waals surface area contributed by atoms with Gasteiger partial charge in [-0.3, -0.25) is 10.4 Å². The lowest BCUT2D eigenvalue weighted by molar-refractivity contribution is 1.04. The van der Waals surface area contributed by atoms with E-state index in [1.807, 2.05) is 6.92 Å². The maximum Gasteiger partial charge on any atom is 0.248 e. The Hall–Kier alpha value is -1.17. The number of rotatable bonds is 1. The topological polar surface area (TPSA) is 65.6 Å². The summed E-state index contributed by atoms with van der Waals surface area (Å²) in [6.45, 7) is 1.82. The van der Waals surface area contributed by atoms with Crippen LogP contribution in [0.3, 0.4) is 0 Å². The second kappa shape index (κ2) is 3.29. The molecule has 0 amide bonds. The molecule has 0 spiro atoms. The Balaban J connectivity index is 2.57. The summed E-state index contributed by atoms with van der Waals surface area (Å²) in [7, 11) is 1.73. The van der Waals surface area contributed by atoms with Gasteiger partial charge in [-0.25, -0.2) is 0 Å². The van der Waals surface area contributed by atoms with Gasteiger partial charge in [0.1, 0.15) is 5.82 Å². The lowest BCUT2D eigenvalue weighted by Crippen LogP contribution is -2.24. The van der Waals surface area contributed by atoms with Gasteiger partial charge in [0.05, 0.1) is 0 Å². The van der Waals surface area contributed by atoms with Crippen LogP contribution in [-0.2, 0) is 0 Å². The number of hydrogen-bond acceptors (Lipinski definition) is 3. The highest BCUT2D eigenvalue weighted by molar-refractivity contribution is 7.80. The van der Waals surface area contributed by atoms with Gasteiger partial charge in [0.15, 0.2) is 5.11 Å². The van der Waals surface area contributed by atoms with Crippen molar-refractivity contribution in [2.75, 3.05) is 12.4 Å². The zero-order valence-electron chi connectivity index (χ0n) is 6.30. The average molecular weight is 171 g/mol. The highest BCUT2D eigenvalue weighted by Gasteiger charge is 1.98. The monoisotopic (exact) mass is 171 g/mol. The zero-order valence-corrected chi connectivity index (χ0v) is 7.12. The number of nitrogens with zero attached hydrogens (tertiary/aromatic N) is 2. The first-order valence-corrected chi connectivity index (χ1v) is 3.51. The number of H-pyrrole nitrogens is 1. The van der Waals surface area contributed by atoms with E-state index in [-0.39, 0.29) is 0 Å². The minimum absolute atomic E-state index is 0.488. The van der Waals surface area contributed by atoms with Crippen molar-refractivity contribution in [3.05, 3.63) is 5.82 Å². The fraction of sp³-hybridized carbons (Fsp3) is 0.400. The average Bonchev–Trinajstić information content (AvgIpc) is 2.35. The van der Waals surface area contributed by atoms with Gasteiger partial charge in [-0.1, -0.05) is 0 Å². The highest BCUT2D eigenvalue weighted by atomic mass is 32.1. The molecule has 5 nitrogen and oxygen atoms in total. The predicted octanol–water partition coefficient (Wildman–Crippen LogP) is 0.0293. The molecule has 0 aromatic carbocycles. The number of thiocarbonyl (C=S) groups is 1. The molecular formula is C5H9N5S. The molecule has 0 bridgehead atoms. The van der Waals surface area contributed by atoms with Crippen molar-refractivity contribution >= 4 is 23.3 Å². The summed E-state index contributed by atoms with van der Waals surface area (Å²) >= 11 is 4.83. The molecular weight excluding hydrogens is 162 g/mol. The molecule has 0 aliphatic carbocycles.